The average molecular weight is 365 g/mol. The van der Waals surface area contributed by atoms with Crippen LogP contribution in [0.1, 0.15) is 26.3 Å². The fourth-order valence-electron chi connectivity index (χ4n) is 1.44. The first-order valence-corrected chi connectivity index (χ1v) is 10.5. The second kappa shape index (κ2) is 6.16. The Morgan fingerprint density at radius 1 is 1.32 bits per heavy atom. The topological polar surface area (TPSA) is 35.2 Å². The lowest BCUT2D eigenvalue weighted by Crippen LogP contribution is -2.41. The van der Waals surface area contributed by atoms with Gasteiger partial charge < -0.3 is 10.2 Å². The molecule has 5 heteroatoms. The number of nitrogens with two attached hydrogens (primary N) is 1. The molecule has 0 saturated carbocycles. The van der Waals surface area contributed by atoms with Crippen LogP contribution in [0.5, 0.6) is 0 Å². The lowest BCUT2D eigenvalue weighted by molar-refractivity contribution is 0.292. The predicted molar refractivity (Wildman–Crippen MR) is 90.4 cm³/mol. The number of halogens is 2. The Morgan fingerprint density at radius 2 is 1.89 bits per heavy atom. The smallest absolute Gasteiger partial charge is 0.191 e. The van der Waals surface area contributed by atoms with Gasteiger partial charge in [0.15, 0.2) is 8.32 Å². The van der Waals surface area contributed by atoms with E-state index in [1.165, 1.54) is 0 Å². The molecule has 0 amide bonds. The highest BCUT2D eigenvalue weighted by Gasteiger charge is 2.36. The molecule has 2 nitrogen and oxygen atoms in total. The molecule has 0 spiro atoms. The van der Waals surface area contributed by atoms with Crippen molar-refractivity contribution >= 4 is 41.5 Å². The van der Waals surface area contributed by atoms with Gasteiger partial charge in [0, 0.05) is 21.8 Å². The summed E-state index contributed by atoms with van der Waals surface area (Å²) >= 11 is 9.58. The van der Waals surface area contributed by atoms with Gasteiger partial charge in [-0.1, -0.05) is 32.4 Å². The molecule has 0 saturated heterocycles. The first-order chi connectivity index (χ1) is 8.54. The highest BCUT2D eigenvalue weighted by atomic mass is 79.9. The fourth-order valence-corrected chi connectivity index (χ4v) is 3.22. The van der Waals surface area contributed by atoms with Crippen LogP contribution in [0.4, 0.5) is 5.69 Å². The molecule has 0 heterocycles. The minimum absolute atomic E-state index is 0.232. The maximum atomic E-state index is 6.21. The number of benzene rings is 1. The van der Waals surface area contributed by atoms with Gasteiger partial charge in [0.2, 0.25) is 0 Å². The van der Waals surface area contributed by atoms with Crippen molar-refractivity contribution in [3.8, 4) is 0 Å². The number of anilines is 1. The molecule has 0 aliphatic heterocycles. The molecule has 19 heavy (non-hydrogen) atoms. The summed E-state index contributed by atoms with van der Waals surface area (Å²) in [6, 6.07) is 3.76. The second-order valence-corrected chi connectivity index (χ2v) is 12.4. The zero-order valence-electron chi connectivity index (χ0n) is 12.3. The molecule has 0 bridgehead atoms. The summed E-state index contributed by atoms with van der Waals surface area (Å²) in [5.74, 6) is 0. The van der Waals surface area contributed by atoms with E-state index in [0.29, 0.717) is 12.3 Å². The predicted octanol–water partition coefficient (Wildman–Crippen LogP) is 5.25. The van der Waals surface area contributed by atoms with Gasteiger partial charge in [0.25, 0.3) is 0 Å². The highest BCUT2D eigenvalue weighted by molar-refractivity contribution is 9.10. The maximum absolute atomic E-state index is 6.21. The summed E-state index contributed by atoms with van der Waals surface area (Å²) in [4.78, 5) is 0. The Labute approximate surface area is 130 Å². The van der Waals surface area contributed by atoms with E-state index < -0.39 is 8.32 Å². The molecular formula is C14H23BrClNOSi. The van der Waals surface area contributed by atoms with Gasteiger partial charge >= 0.3 is 0 Å². The molecule has 0 atom stereocenters. The van der Waals surface area contributed by atoms with Gasteiger partial charge in [-0.2, -0.15) is 0 Å². The molecule has 0 aliphatic carbocycles. The largest absolute Gasteiger partial charge is 0.416 e. The van der Waals surface area contributed by atoms with E-state index >= 15 is 0 Å². The zero-order chi connectivity index (χ0) is 14.8. The van der Waals surface area contributed by atoms with E-state index in [9.17, 15) is 0 Å². The molecule has 0 aliphatic rings. The van der Waals surface area contributed by atoms with E-state index in [1.807, 2.05) is 12.1 Å². The third kappa shape index (κ3) is 4.48. The van der Waals surface area contributed by atoms with Crippen molar-refractivity contribution in [2.45, 2.75) is 45.3 Å². The Bertz CT molecular complexity index is 457. The molecule has 1 aromatic rings. The van der Waals surface area contributed by atoms with Crippen LogP contribution in [0.15, 0.2) is 16.6 Å². The Morgan fingerprint density at radius 3 is 2.42 bits per heavy atom. The summed E-state index contributed by atoms with van der Waals surface area (Å²) in [6.45, 7) is 11.9. The quantitative estimate of drug-likeness (QED) is 0.585. The van der Waals surface area contributed by atoms with Crippen molar-refractivity contribution in [3.63, 3.8) is 0 Å². The highest BCUT2D eigenvalue weighted by Crippen LogP contribution is 2.36. The van der Waals surface area contributed by atoms with Gasteiger partial charge in [-0.25, -0.2) is 0 Å². The van der Waals surface area contributed by atoms with E-state index in [2.05, 4.69) is 49.8 Å². The van der Waals surface area contributed by atoms with Crippen molar-refractivity contribution in [2.24, 2.45) is 0 Å². The van der Waals surface area contributed by atoms with Gasteiger partial charge in [-0.15, -0.1) is 0 Å². The third-order valence-corrected chi connectivity index (χ3v) is 9.38. The number of rotatable bonds is 4. The van der Waals surface area contributed by atoms with Gasteiger partial charge in [-0.05, 0) is 58.2 Å². The fraction of sp³-hybridized carbons (Fsp3) is 0.571. The summed E-state index contributed by atoms with van der Waals surface area (Å²) in [7, 11) is -1.68. The second-order valence-electron chi connectivity index (χ2n) is 6.32. The van der Waals surface area contributed by atoms with E-state index in [1.54, 1.807) is 0 Å². The van der Waals surface area contributed by atoms with Crippen LogP contribution in [0.2, 0.25) is 23.2 Å². The first kappa shape index (κ1) is 17.0. The van der Waals surface area contributed by atoms with Crippen molar-refractivity contribution < 1.29 is 4.43 Å². The van der Waals surface area contributed by atoms with Crippen LogP contribution >= 0.6 is 27.5 Å². The van der Waals surface area contributed by atoms with Crippen LogP contribution < -0.4 is 5.73 Å². The molecule has 0 aromatic heterocycles. The van der Waals surface area contributed by atoms with E-state index in [0.717, 1.165) is 21.5 Å². The normalized spacial score (nSPS) is 12.8. The minimum Gasteiger partial charge on any atom is -0.416 e. The monoisotopic (exact) mass is 363 g/mol. The van der Waals surface area contributed by atoms with Crippen LogP contribution in [0.3, 0.4) is 0 Å². The number of hydrogen-bond donors (Lipinski definition) is 1. The minimum atomic E-state index is -1.68. The van der Waals surface area contributed by atoms with Gasteiger partial charge in [0.1, 0.15) is 0 Å². The maximum Gasteiger partial charge on any atom is 0.191 e. The van der Waals surface area contributed by atoms with Crippen LogP contribution in [-0.2, 0) is 10.8 Å². The summed E-state index contributed by atoms with van der Waals surface area (Å²) in [5, 5.41) is 0.968. The number of hydrogen-bond acceptors (Lipinski definition) is 2. The SMILES string of the molecule is CC(C)(C)[Si](C)(C)OCCc1cc(N)c(Br)cc1Cl. The zero-order valence-corrected chi connectivity index (χ0v) is 15.7. The average Bonchev–Trinajstić information content (AvgIpc) is 2.23. The lowest BCUT2D eigenvalue weighted by Gasteiger charge is -2.36. The number of nitrogen functional groups attached to an aromatic ring is 1. The third-order valence-electron chi connectivity index (χ3n) is 3.81. The molecule has 0 radical (unpaired) electrons. The molecule has 2 N–H and O–H groups in total. The van der Waals surface area contributed by atoms with Crippen molar-refractivity contribution in [3.05, 3.63) is 27.2 Å². The van der Waals surface area contributed by atoms with Crippen LogP contribution in [-0.4, -0.2) is 14.9 Å². The molecule has 1 rings (SSSR count). The van der Waals surface area contributed by atoms with Crippen LogP contribution in [0.25, 0.3) is 0 Å². The van der Waals surface area contributed by atoms with Gasteiger partial charge in [0.05, 0.1) is 0 Å². The standard InChI is InChI=1S/C14H23BrClNOSi/c1-14(2,3)19(4,5)18-7-6-10-8-13(17)11(15)9-12(10)16/h8-9H,6-7,17H2,1-5H3. The summed E-state index contributed by atoms with van der Waals surface area (Å²) < 4.78 is 6.99. The Balaban J connectivity index is 2.67. The molecular weight excluding hydrogens is 342 g/mol. The first-order valence-electron chi connectivity index (χ1n) is 6.42. The van der Waals surface area contributed by atoms with Crippen LogP contribution in [0, 0.1) is 0 Å². The molecule has 0 fully saturated rings. The van der Waals surface area contributed by atoms with E-state index in [-0.39, 0.29) is 5.04 Å². The van der Waals surface area contributed by atoms with E-state index in [4.69, 9.17) is 21.8 Å². The van der Waals surface area contributed by atoms with Crippen molar-refractivity contribution in [2.75, 3.05) is 12.3 Å². The van der Waals surface area contributed by atoms with Crippen molar-refractivity contribution in [1.82, 2.24) is 0 Å². The molecule has 0 unspecified atom stereocenters. The Hall–Kier alpha value is -0.0331. The van der Waals surface area contributed by atoms with Gasteiger partial charge in [-0.3, -0.25) is 0 Å². The Kier molecular flexibility index (Phi) is 5.52. The molecule has 1 aromatic carbocycles. The summed E-state index contributed by atoms with van der Waals surface area (Å²) in [5.41, 5.74) is 7.64. The molecule has 108 valence electrons. The lowest BCUT2D eigenvalue weighted by atomic mass is 10.1. The summed E-state index contributed by atoms with van der Waals surface area (Å²) in [6.07, 6.45) is 0.794. The van der Waals surface area contributed by atoms with Crippen molar-refractivity contribution in [1.29, 1.82) is 0 Å².